The number of carbonyl (C=O) groups excluding carboxylic acids is 1. The van der Waals surface area contributed by atoms with Gasteiger partial charge < -0.3 is 19.5 Å². The normalized spacial score (nSPS) is 16.3. The number of thioether (sulfide) groups is 1. The van der Waals surface area contributed by atoms with E-state index in [-0.39, 0.29) is 18.6 Å². The summed E-state index contributed by atoms with van der Waals surface area (Å²) in [4.78, 5) is 16.3. The highest BCUT2D eigenvalue weighted by Crippen LogP contribution is 2.28. The summed E-state index contributed by atoms with van der Waals surface area (Å²) < 4.78 is 18.0. The number of carbonyl (C=O) groups is 1. The molecule has 146 valence electrons. The second-order valence-electron chi connectivity index (χ2n) is 5.93. The largest absolute Gasteiger partial charge is 0.491 e. The Kier molecular flexibility index (Phi) is 6.82. The van der Waals surface area contributed by atoms with Crippen LogP contribution in [-0.4, -0.2) is 64.1 Å². The average Bonchev–Trinajstić information content (AvgIpc) is 3.34. The minimum atomic E-state index is -0.203. The molecule has 3 rings (SSSR count). The second kappa shape index (κ2) is 9.51. The van der Waals surface area contributed by atoms with E-state index in [4.69, 9.17) is 14.2 Å². The van der Waals surface area contributed by atoms with Crippen LogP contribution in [0.15, 0.2) is 17.4 Å². The molecule has 0 saturated carbocycles. The molecule has 11 heteroatoms. The Labute approximate surface area is 161 Å². The first-order valence-corrected chi connectivity index (χ1v) is 9.53. The Morgan fingerprint density at radius 1 is 1.48 bits per heavy atom. The Morgan fingerprint density at radius 3 is 3.07 bits per heavy atom. The van der Waals surface area contributed by atoms with Gasteiger partial charge in [0.15, 0.2) is 18.1 Å². The van der Waals surface area contributed by atoms with Gasteiger partial charge in [0.25, 0.3) is 5.91 Å². The Hall–Kier alpha value is -2.40. The SMILES string of the molecule is COc1cnc(CSc2nnnn2C)cc1OCC(=O)NC[C@@H]1CCCO1. The molecule has 0 aromatic carbocycles. The van der Waals surface area contributed by atoms with Crippen LogP contribution in [0, 0.1) is 0 Å². The third kappa shape index (κ3) is 5.54. The molecule has 2 aromatic rings. The number of aryl methyl sites for hydroxylation is 1. The van der Waals surface area contributed by atoms with Gasteiger partial charge in [0.1, 0.15) is 0 Å². The molecule has 0 spiro atoms. The summed E-state index contributed by atoms with van der Waals surface area (Å²) >= 11 is 1.45. The summed E-state index contributed by atoms with van der Waals surface area (Å²) in [5.41, 5.74) is 0.763. The first kappa shape index (κ1) is 19.4. The summed E-state index contributed by atoms with van der Waals surface area (Å²) in [6, 6.07) is 1.75. The molecule has 0 radical (unpaired) electrons. The van der Waals surface area contributed by atoms with E-state index in [1.807, 2.05) is 0 Å². The van der Waals surface area contributed by atoms with Gasteiger partial charge in [-0.25, -0.2) is 4.68 Å². The van der Waals surface area contributed by atoms with Gasteiger partial charge in [-0.3, -0.25) is 9.78 Å². The Morgan fingerprint density at radius 2 is 2.37 bits per heavy atom. The molecule has 1 atom stereocenters. The molecule has 2 aromatic heterocycles. The van der Waals surface area contributed by atoms with E-state index < -0.39 is 0 Å². The van der Waals surface area contributed by atoms with Crippen LogP contribution >= 0.6 is 11.8 Å². The molecule has 1 fully saturated rings. The van der Waals surface area contributed by atoms with Crippen molar-refractivity contribution in [2.24, 2.45) is 7.05 Å². The Balaban J connectivity index is 1.53. The van der Waals surface area contributed by atoms with Crippen molar-refractivity contribution in [2.75, 3.05) is 26.9 Å². The smallest absolute Gasteiger partial charge is 0.258 e. The van der Waals surface area contributed by atoms with Gasteiger partial charge in [0.2, 0.25) is 5.16 Å². The third-order valence-corrected chi connectivity index (χ3v) is 4.99. The fraction of sp³-hybridized carbons (Fsp3) is 0.562. The van der Waals surface area contributed by atoms with Crippen molar-refractivity contribution in [3.8, 4) is 11.5 Å². The summed E-state index contributed by atoms with van der Waals surface area (Å²) in [7, 11) is 3.30. The number of aromatic nitrogens is 5. The highest BCUT2D eigenvalue weighted by molar-refractivity contribution is 7.98. The van der Waals surface area contributed by atoms with Gasteiger partial charge in [-0.1, -0.05) is 11.8 Å². The van der Waals surface area contributed by atoms with Crippen LogP contribution in [0.25, 0.3) is 0 Å². The summed E-state index contributed by atoms with van der Waals surface area (Å²) in [6.07, 6.45) is 3.69. The predicted octanol–water partition coefficient (Wildman–Crippen LogP) is 0.580. The van der Waals surface area contributed by atoms with Crippen LogP contribution in [0.1, 0.15) is 18.5 Å². The number of hydrogen-bond acceptors (Lipinski definition) is 9. The zero-order valence-corrected chi connectivity index (χ0v) is 16.1. The van der Waals surface area contributed by atoms with Gasteiger partial charge in [-0.15, -0.1) is 5.10 Å². The topological polar surface area (TPSA) is 113 Å². The van der Waals surface area contributed by atoms with Crippen molar-refractivity contribution in [1.82, 2.24) is 30.5 Å². The first-order chi connectivity index (χ1) is 13.2. The van der Waals surface area contributed by atoms with Crippen LogP contribution in [0.2, 0.25) is 0 Å². The average molecular weight is 394 g/mol. The zero-order chi connectivity index (χ0) is 19.1. The van der Waals surface area contributed by atoms with Crippen LogP contribution in [0.3, 0.4) is 0 Å². The van der Waals surface area contributed by atoms with E-state index in [0.29, 0.717) is 29.0 Å². The number of nitrogens with one attached hydrogen (secondary N) is 1. The van der Waals surface area contributed by atoms with E-state index >= 15 is 0 Å². The van der Waals surface area contributed by atoms with Gasteiger partial charge in [-0.05, 0) is 23.3 Å². The molecule has 10 nitrogen and oxygen atoms in total. The minimum absolute atomic E-state index is 0.100. The summed E-state index contributed by atoms with van der Waals surface area (Å²) in [6.45, 7) is 1.16. The molecule has 0 unspecified atom stereocenters. The second-order valence-corrected chi connectivity index (χ2v) is 6.87. The van der Waals surface area contributed by atoms with E-state index in [2.05, 4.69) is 25.8 Å². The lowest BCUT2D eigenvalue weighted by molar-refractivity contribution is -0.123. The fourth-order valence-corrected chi connectivity index (χ4v) is 3.27. The maximum absolute atomic E-state index is 12.0. The van der Waals surface area contributed by atoms with E-state index in [9.17, 15) is 4.79 Å². The maximum atomic E-state index is 12.0. The first-order valence-electron chi connectivity index (χ1n) is 8.55. The van der Waals surface area contributed by atoms with E-state index in [1.54, 1.807) is 24.0 Å². The van der Waals surface area contributed by atoms with E-state index in [1.165, 1.54) is 18.9 Å². The van der Waals surface area contributed by atoms with Gasteiger partial charge in [0, 0.05) is 32.0 Å². The van der Waals surface area contributed by atoms with Crippen LogP contribution < -0.4 is 14.8 Å². The number of rotatable bonds is 9. The molecule has 1 amide bonds. The number of pyridine rings is 1. The van der Waals surface area contributed by atoms with Crippen molar-refractivity contribution >= 4 is 17.7 Å². The minimum Gasteiger partial charge on any atom is -0.491 e. The Bertz CT molecular complexity index is 765. The lowest BCUT2D eigenvalue weighted by Crippen LogP contribution is -2.35. The third-order valence-electron chi connectivity index (χ3n) is 3.95. The molecule has 0 aliphatic carbocycles. The number of tetrazole rings is 1. The number of nitrogens with zero attached hydrogens (tertiary/aromatic N) is 5. The molecule has 1 saturated heterocycles. The van der Waals surface area contributed by atoms with Gasteiger partial charge >= 0.3 is 0 Å². The molecular weight excluding hydrogens is 372 g/mol. The van der Waals surface area contributed by atoms with Crippen molar-refractivity contribution < 1.29 is 19.0 Å². The molecule has 1 N–H and O–H groups in total. The number of methoxy groups -OCH3 is 1. The van der Waals surface area contributed by atoms with Crippen LogP contribution in [-0.2, 0) is 22.3 Å². The van der Waals surface area contributed by atoms with Crippen molar-refractivity contribution in [3.05, 3.63) is 18.0 Å². The predicted molar refractivity (Wildman–Crippen MR) is 96.6 cm³/mol. The van der Waals surface area contributed by atoms with E-state index in [0.717, 1.165) is 25.1 Å². The molecular formula is C16H22N6O4S. The number of hydrogen-bond donors (Lipinski definition) is 1. The molecule has 3 heterocycles. The van der Waals surface area contributed by atoms with Crippen LogP contribution in [0.4, 0.5) is 0 Å². The number of amides is 1. The summed E-state index contributed by atoms with van der Waals surface area (Å²) in [5, 5.41) is 14.8. The number of ether oxygens (including phenoxy) is 3. The highest BCUT2D eigenvalue weighted by Gasteiger charge is 2.17. The quantitative estimate of drug-likeness (QED) is 0.610. The highest BCUT2D eigenvalue weighted by atomic mass is 32.2. The standard InChI is InChI=1S/C16H22N6O4S/c1-22-16(19-20-21-22)27-10-11-6-13(14(24-2)8-17-11)26-9-15(23)18-7-12-4-3-5-25-12/h6,8,12H,3-5,7,9-10H2,1-2H3,(H,18,23)/t12-/m0/s1. The van der Waals surface area contributed by atoms with Crippen molar-refractivity contribution in [3.63, 3.8) is 0 Å². The molecule has 1 aliphatic rings. The lowest BCUT2D eigenvalue weighted by atomic mass is 10.2. The molecule has 27 heavy (non-hydrogen) atoms. The fourth-order valence-electron chi connectivity index (χ4n) is 2.52. The van der Waals surface area contributed by atoms with Gasteiger partial charge in [-0.2, -0.15) is 0 Å². The maximum Gasteiger partial charge on any atom is 0.258 e. The van der Waals surface area contributed by atoms with Crippen LogP contribution in [0.5, 0.6) is 11.5 Å². The van der Waals surface area contributed by atoms with Crippen molar-refractivity contribution in [2.45, 2.75) is 29.9 Å². The summed E-state index contributed by atoms with van der Waals surface area (Å²) in [5.74, 6) is 1.28. The zero-order valence-electron chi connectivity index (χ0n) is 15.3. The molecule has 0 bridgehead atoms. The van der Waals surface area contributed by atoms with Crippen molar-refractivity contribution in [1.29, 1.82) is 0 Å². The monoisotopic (exact) mass is 394 g/mol. The molecule has 1 aliphatic heterocycles. The van der Waals surface area contributed by atoms with Gasteiger partial charge in [0.05, 0.1) is 25.1 Å². The lowest BCUT2D eigenvalue weighted by Gasteiger charge is -2.13.